The van der Waals surface area contributed by atoms with Gasteiger partial charge in [-0.2, -0.15) is 0 Å². The highest BCUT2D eigenvalue weighted by Gasteiger charge is 2.57. The number of rotatable bonds is 20. The van der Waals surface area contributed by atoms with Crippen LogP contribution in [0.5, 0.6) is 0 Å². The van der Waals surface area contributed by atoms with Gasteiger partial charge in [0.15, 0.2) is 12.6 Å². The van der Waals surface area contributed by atoms with Crippen LogP contribution in [0.15, 0.2) is 0 Å². The Morgan fingerprint density at radius 2 is 1.32 bits per heavy atom. The molecule has 17 N–H and O–H groups in total. The highest BCUT2D eigenvalue weighted by molar-refractivity contribution is 5.76. The topological polar surface area (TPSA) is 443 Å². The third-order valence-corrected chi connectivity index (χ3v) is 10.0. The van der Waals surface area contributed by atoms with Gasteiger partial charge in [0.25, 0.3) is 5.79 Å². The minimum atomic E-state index is -2.99. The largest absolute Gasteiger partial charge is 0.477 e. The second kappa shape index (κ2) is 22.5. The number of carboxylic acid groups (broad SMARTS) is 1. The minimum Gasteiger partial charge on any atom is -0.477 e. The van der Waals surface area contributed by atoms with Crippen LogP contribution in [0.3, 0.4) is 0 Å². The Morgan fingerprint density at radius 1 is 0.733 bits per heavy atom. The van der Waals surface area contributed by atoms with E-state index in [0.717, 1.165) is 20.8 Å². The first-order valence-corrected chi connectivity index (χ1v) is 18.6. The standard InChI is InChI=1S/C33H57N3O24/c1-10(41)34-13(5-37)27(22(48)16(46)9-55-33(32(53)54)4-14(44)19(35-11(2)42)29(60-33)21(47)15(45)6-38)58-30-20(36-12(3)43)24(50)28(18(8-40)57-30)59-31-26(52)25(51)23(49)17(7-39)56-31/h13-31,37-40,44-52H,4-9H2,1-3H3,(H,34,41)(H,35,42)(H,36,43)(H,53,54)/t13-,14-,15+,16+,17+,18+,19+,20+,21+,22-,23-,24+,25-,26+,27+,28+,29+,30-,31-,33+/m0/s1. The van der Waals surface area contributed by atoms with Gasteiger partial charge in [-0.05, 0) is 0 Å². The van der Waals surface area contributed by atoms with Crippen molar-refractivity contribution < 1.29 is 119 Å². The van der Waals surface area contributed by atoms with Crippen molar-refractivity contribution >= 4 is 23.7 Å². The number of carbonyl (C=O) groups excluding carboxylic acids is 3. The number of aliphatic carboxylic acids is 1. The van der Waals surface area contributed by atoms with Gasteiger partial charge in [-0.3, -0.25) is 14.4 Å². The van der Waals surface area contributed by atoms with Crippen molar-refractivity contribution in [2.24, 2.45) is 0 Å². The molecule has 3 fully saturated rings. The molecule has 348 valence electrons. The van der Waals surface area contributed by atoms with Crippen molar-refractivity contribution in [1.82, 2.24) is 16.0 Å². The molecular formula is C33H57N3O24. The molecule has 3 aliphatic rings. The van der Waals surface area contributed by atoms with Crippen LogP contribution < -0.4 is 16.0 Å². The van der Waals surface area contributed by atoms with Gasteiger partial charge in [0.1, 0.15) is 85.4 Å². The zero-order valence-electron chi connectivity index (χ0n) is 32.6. The van der Waals surface area contributed by atoms with Crippen LogP contribution in [-0.2, 0) is 47.6 Å². The average Bonchev–Trinajstić information content (AvgIpc) is 3.19. The molecule has 0 saturated carbocycles. The third-order valence-electron chi connectivity index (χ3n) is 10.0. The Labute approximate surface area is 340 Å². The molecule has 0 aromatic heterocycles. The van der Waals surface area contributed by atoms with E-state index in [1.807, 2.05) is 0 Å². The molecule has 27 nitrogen and oxygen atoms in total. The molecule has 3 saturated heterocycles. The van der Waals surface area contributed by atoms with Gasteiger partial charge in [0.05, 0.1) is 51.2 Å². The zero-order chi connectivity index (χ0) is 45.4. The Bertz CT molecular complexity index is 1420. The molecular weight excluding hydrogens is 822 g/mol. The van der Waals surface area contributed by atoms with E-state index in [4.69, 9.17) is 28.4 Å². The van der Waals surface area contributed by atoms with E-state index in [9.17, 15) is 90.7 Å². The van der Waals surface area contributed by atoms with Gasteiger partial charge in [-0.25, -0.2) is 4.79 Å². The lowest BCUT2D eigenvalue weighted by Gasteiger charge is -2.48. The molecule has 0 aliphatic carbocycles. The van der Waals surface area contributed by atoms with Crippen LogP contribution in [0.4, 0.5) is 0 Å². The number of carbonyl (C=O) groups is 4. The molecule has 3 amide bonds. The number of aliphatic hydroxyl groups is 13. The van der Waals surface area contributed by atoms with Gasteiger partial charge in [-0.1, -0.05) is 0 Å². The van der Waals surface area contributed by atoms with Crippen molar-refractivity contribution in [3.63, 3.8) is 0 Å². The number of ether oxygens (including phenoxy) is 6. The SMILES string of the molecule is CC(=O)N[C@H]1[C@H](O[C@@H]([C@@H](O)[C@H](O)CO[C@]2(C(=O)O)C[C@H](O)[C@@H](NC(C)=O)[C@H]([C@H](O)[C@H](O)CO)O2)[C@H](CO)NC(C)=O)O[C@H](CO)[C@@H](O[C@@H]2O[C@H](CO)[C@H](O)[C@H](O)[C@H]2O)[C@@H]1O. The maximum absolute atomic E-state index is 12.6. The Kier molecular flexibility index (Phi) is 19.3. The van der Waals surface area contributed by atoms with Crippen LogP contribution in [0.25, 0.3) is 0 Å². The fourth-order valence-corrected chi connectivity index (χ4v) is 6.95. The molecule has 0 aromatic carbocycles. The molecule has 60 heavy (non-hydrogen) atoms. The molecule has 20 atom stereocenters. The summed E-state index contributed by atoms with van der Waals surface area (Å²) < 4.78 is 33.5. The summed E-state index contributed by atoms with van der Waals surface area (Å²) in [4.78, 5) is 48.9. The summed E-state index contributed by atoms with van der Waals surface area (Å²) in [5.41, 5.74) is 0. The number of nitrogens with one attached hydrogen (secondary N) is 3. The molecule has 0 aromatic rings. The quantitative estimate of drug-likeness (QED) is 0.0540. The molecule has 27 heteroatoms. The lowest BCUT2D eigenvalue weighted by Crippen LogP contribution is -2.69. The zero-order valence-corrected chi connectivity index (χ0v) is 32.6. The van der Waals surface area contributed by atoms with E-state index in [-0.39, 0.29) is 0 Å². The Morgan fingerprint density at radius 3 is 1.83 bits per heavy atom. The molecule has 0 unspecified atom stereocenters. The third kappa shape index (κ3) is 12.2. The smallest absolute Gasteiger partial charge is 0.364 e. The predicted molar refractivity (Wildman–Crippen MR) is 188 cm³/mol. The minimum absolute atomic E-state index is 0.776. The first-order valence-electron chi connectivity index (χ1n) is 18.6. The summed E-state index contributed by atoms with van der Waals surface area (Å²) >= 11 is 0. The van der Waals surface area contributed by atoms with Crippen LogP contribution >= 0.6 is 0 Å². The molecule has 0 spiro atoms. The van der Waals surface area contributed by atoms with Gasteiger partial charge in [0.2, 0.25) is 17.7 Å². The van der Waals surface area contributed by atoms with E-state index in [2.05, 4.69) is 16.0 Å². The lowest BCUT2D eigenvalue weighted by atomic mass is 9.88. The van der Waals surface area contributed by atoms with Crippen LogP contribution in [0.2, 0.25) is 0 Å². The summed E-state index contributed by atoms with van der Waals surface area (Å²) in [6, 6.07) is -5.01. The number of aliphatic hydroxyl groups excluding tert-OH is 13. The number of amides is 3. The fraction of sp³-hybridized carbons (Fsp3) is 0.879. The van der Waals surface area contributed by atoms with Crippen molar-refractivity contribution in [3.8, 4) is 0 Å². The Balaban J connectivity index is 1.94. The summed E-state index contributed by atoms with van der Waals surface area (Å²) in [6.07, 6.45) is -32.2. The predicted octanol–water partition coefficient (Wildman–Crippen LogP) is -10.5. The van der Waals surface area contributed by atoms with Gasteiger partial charge < -0.3 is 116 Å². The van der Waals surface area contributed by atoms with E-state index in [0.29, 0.717) is 0 Å². The summed E-state index contributed by atoms with van der Waals surface area (Å²) in [6.45, 7) is -2.24. The van der Waals surface area contributed by atoms with Crippen molar-refractivity contribution in [2.45, 2.75) is 149 Å². The molecule has 0 bridgehead atoms. The van der Waals surface area contributed by atoms with Crippen LogP contribution in [-0.4, -0.2) is 250 Å². The lowest BCUT2D eigenvalue weighted by molar-refractivity contribution is -0.354. The number of hydrogen-bond acceptors (Lipinski definition) is 23. The molecule has 0 radical (unpaired) electrons. The second-order valence-electron chi connectivity index (χ2n) is 14.6. The van der Waals surface area contributed by atoms with Crippen LogP contribution in [0.1, 0.15) is 27.2 Å². The van der Waals surface area contributed by atoms with Gasteiger partial charge in [-0.15, -0.1) is 0 Å². The summed E-state index contributed by atoms with van der Waals surface area (Å²) in [5.74, 6) is -7.42. The normalized spacial score (nSPS) is 37.8. The highest BCUT2D eigenvalue weighted by Crippen LogP contribution is 2.35. The average molecular weight is 880 g/mol. The highest BCUT2D eigenvalue weighted by atomic mass is 16.7. The fourth-order valence-electron chi connectivity index (χ4n) is 6.95. The number of carboxylic acids is 1. The van der Waals surface area contributed by atoms with Crippen molar-refractivity contribution in [2.75, 3.05) is 33.0 Å². The first-order chi connectivity index (χ1) is 28.1. The van der Waals surface area contributed by atoms with Crippen LogP contribution in [0, 0.1) is 0 Å². The monoisotopic (exact) mass is 879 g/mol. The van der Waals surface area contributed by atoms with Crippen molar-refractivity contribution in [3.05, 3.63) is 0 Å². The summed E-state index contributed by atoms with van der Waals surface area (Å²) in [5, 5.41) is 153. The van der Waals surface area contributed by atoms with Gasteiger partial charge >= 0.3 is 5.97 Å². The maximum atomic E-state index is 12.6. The van der Waals surface area contributed by atoms with E-state index >= 15 is 0 Å². The van der Waals surface area contributed by atoms with Gasteiger partial charge in [0, 0.05) is 27.2 Å². The van der Waals surface area contributed by atoms with E-state index < -0.39 is 185 Å². The van der Waals surface area contributed by atoms with Crippen molar-refractivity contribution in [1.29, 1.82) is 0 Å². The second-order valence-corrected chi connectivity index (χ2v) is 14.6. The Hall–Kier alpha value is -2.88. The summed E-state index contributed by atoms with van der Waals surface area (Å²) in [7, 11) is 0. The molecule has 3 rings (SSSR count). The van der Waals surface area contributed by atoms with E-state index in [1.54, 1.807) is 0 Å². The van der Waals surface area contributed by atoms with E-state index in [1.165, 1.54) is 0 Å². The maximum Gasteiger partial charge on any atom is 0.364 e. The molecule has 3 aliphatic heterocycles. The molecule has 3 heterocycles. The first kappa shape index (κ1) is 51.5. The number of hydrogen-bond donors (Lipinski definition) is 17.